The minimum atomic E-state index is -4.43. The van der Waals surface area contributed by atoms with Crippen LogP contribution in [0.4, 0.5) is 13.2 Å². The van der Waals surface area contributed by atoms with E-state index < -0.39 is 27.5 Å². The predicted octanol–water partition coefficient (Wildman–Crippen LogP) is 3.66. The van der Waals surface area contributed by atoms with E-state index >= 15 is 0 Å². The summed E-state index contributed by atoms with van der Waals surface area (Å²) in [5.74, 6) is 0.140. The molecule has 2 heterocycles. The van der Waals surface area contributed by atoms with Crippen molar-refractivity contribution in [3.05, 3.63) is 41.5 Å². The third-order valence-corrected chi connectivity index (χ3v) is 4.95. The predicted molar refractivity (Wildman–Crippen MR) is 88.4 cm³/mol. The quantitative estimate of drug-likeness (QED) is 0.757. The molecule has 134 valence electrons. The smallest absolute Gasteiger partial charge is 0.416 e. The van der Waals surface area contributed by atoms with Gasteiger partial charge in [-0.3, -0.25) is 4.57 Å². The van der Waals surface area contributed by atoms with Crippen LogP contribution in [-0.2, 0) is 23.8 Å². The van der Waals surface area contributed by atoms with E-state index in [1.807, 2.05) is 0 Å². The Morgan fingerprint density at radius 3 is 2.68 bits per heavy atom. The van der Waals surface area contributed by atoms with Crippen LogP contribution in [0.1, 0.15) is 37.7 Å². The number of aromatic nitrogens is 2. The summed E-state index contributed by atoms with van der Waals surface area (Å²) in [6.45, 7) is 5.47. The Bertz CT molecular complexity index is 866. The molecule has 0 bridgehead atoms. The Kier molecular flexibility index (Phi) is 4.22. The van der Waals surface area contributed by atoms with E-state index in [9.17, 15) is 17.4 Å². The highest BCUT2D eigenvalue weighted by atomic mass is 32.2. The van der Waals surface area contributed by atoms with E-state index in [2.05, 4.69) is 9.38 Å². The van der Waals surface area contributed by atoms with E-state index in [4.69, 9.17) is 4.74 Å². The highest BCUT2D eigenvalue weighted by molar-refractivity contribution is 7.85. The van der Waals surface area contributed by atoms with Crippen LogP contribution in [0.15, 0.2) is 28.9 Å². The van der Waals surface area contributed by atoms with Crippen LogP contribution < -0.4 is 4.74 Å². The van der Waals surface area contributed by atoms with Crippen molar-refractivity contribution in [2.24, 2.45) is 4.40 Å². The molecular formula is C16H16F3N3O2S. The van der Waals surface area contributed by atoms with Gasteiger partial charge < -0.3 is 4.74 Å². The third-order valence-electron chi connectivity index (χ3n) is 3.60. The number of imidazole rings is 1. The van der Waals surface area contributed by atoms with Crippen molar-refractivity contribution in [3.63, 3.8) is 0 Å². The molecule has 1 atom stereocenters. The molecule has 1 aromatic heterocycles. The second kappa shape index (κ2) is 5.98. The monoisotopic (exact) mass is 371 g/mol. The molecule has 0 N–H and O–H groups in total. The molecule has 0 saturated carbocycles. The summed E-state index contributed by atoms with van der Waals surface area (Å²) >= 11 is 0. The number of nitrogens with zero attached hydrogens (tertiary/aromatic N) is 3. The minimum Gasteiger partial charge on any atom is -0.485 e. The Morgan fingerprint density at radius 1 is 1.32 bits per heavy atom. The van der Waals surface area contributed by atoms with Gasteiger partial charge in [0.2, 0.25) is 0 Å². The number of halogens is 3. The maximum atomic E-state index is 12.8. The van der Waals surface area contributed by atoms with Crippen molar-refractivity contribution < 1.29 is 22.1 Å². The van der Waals surface area contributed by atoms with Gasteiger partial charge >= 0.3 is 6.18 Å². The summed E-state index contributed by atoms with van der Waals surface area (Å²) in [6, 6.07) is 3.32. The number of ether oxygens (including phenoxy) is 1. The standard InChI is InChI=1S/C16H16F3N3O2S/c1-15(2,3)25(23)21-7-11-13-8-24-14-6-10(16(17,18)19)4-5-12(14)22(13)9-20-11/h4-7,9H,8H2,1-3H3. The number of alkyl halides is 3. The molecule has 0 aliphatic carbocycles. The van der Waals surface area contributed by atoms with Gasteiger partial charge in [0.05, 0.1) is 27.9 Å². The lowest BCUT2D eigenvalue weighted by Crippen LogP contribution is -2.20. The Hall–Kier alpha value is -2.16. The molecule has 1 aliphatic rings. The zero-order chi connectivity index (χ0) is 18.4. The number of hydrogen-bond donors (Lipinski definition) is 0. The number of hydrogen-bond acceptors (Lipinski definition) is 3. The van der Waals surface area contributed by atoms with E-state index in [0.717, 1.165) is 12.1 Å². The van der Waals surface area contributed by atoms with Crippen LogP contribution in [0, 0.1) is 0 Å². The summed E-state index contributed by atoms with van der Waals surface area (Å²) in [6.07, 6.45) is -1.53. The van der Waals surface area contributed by atoms with Crippen LogP contribution in [-0.4, -0.2) is 24.7 Å². The maximum Gasteiger partial charge on any atom is 0.416 e. The second-order valence-corrected chi connectivity index (χ2v) is 8.45. The fourth-order valence-electron chi connectivity index (χ4n) is 2.25. The molecule has 1 aliphatic heterocycles. The molecule has 3 rings (SSSR count). The molecule has 5 nitrogen and oxygen atoms in total. The van der Waals surface area contributed by atoms with Gasteiger partial charge in [0, 0.05) is 0 Å². The molecule has 0 amide bonds. The molecule has 0 radical (unpaired) electrons. The van der Waals surface area contributed by atoms with E-state index in [1.54, 1.807) is 25.3 Å². The summed E-state index contributed by atoms with van der Waals surface area (Å²) in [4.78, 5) is 4.20. The molecule has 2 aromatic rings. The number of rotatable bonds is 2. The first-order valence-corrected chi connectivity index (χ1v) is 8.55. The fourth-order valence-corrected chi connectivity index (χ4v) is 2.77. The summed E-state index contributed by atoms with van der Waals surface area (Å²) in [5, 5.41) is 0. The van der Waals surface area contributed by atoms with Crippen LogP contribution >= 0.6 is 0 Å². The third kappa shape index (κ3) is 3.46. The lowest BCUT2D eigenvalue weighted by atomic mass is 10.1. The normalized spacial score (nSPS) is 15.6. The first-order chi connectivity index (χ1) is 11.6. The fraction of sp³-hybridized carbons (Fsp3) is 0.375. The van der Waals surface area contributed by atoms with Gasteiger partial charge in [0.15, 0.2) is 0 Å². The molecule has 0 spiro atoms. The molecule has 1 aromatic carbocycles. The number of fused-ring (bicyclic) bond motifs is 3. The van der Waals surface area contributed by atoms with Gasteiger partial charge in [-0.15, -0.1) is 0 Å². The summed E-state index contributed by atoms with van der Waals surface area (Å²) in [7, 11) is -1.43. The van der Waals surface area contributed by atoms with Gasteiger partial charge in [-0.05, 0) is 39.0 Å². The zero-order valence-electron chi connectivity index (χ0n) is 13.8. The lowest BCUT2D eigenvalue weighted by molar-refractivity contribution is -0.137. The molecular weight excluding hydrogens is 355 g/mol. The van der Waals surface area contributed by atoms with Crippen molar-refractivity contribution >= 4 is 17.2 Å². The average Bonchev–Trinajstić information content (AvgIpc) is 2.93. The van der Waals surface area contributed by atoms with Crippen LogP contribution in [0.2, 0.25) is 0 Å². The highest BCUT2D eigenvalue weighted by Crippen LogP contribution is 2.37. The molecule has 25 heavy (non-hydrogen) atoms. The van der Waals surface area contributed by atoms with Crippen LogP contribution in [0.3, 0.4) is 0 Å². The van der Waals surface area contributed by atoms with Gasteiger partial charge in [0.25, 0.3) is 0 Å². The minimum absolute atomic E-state index is 0.0534. The van der Waals surface area contributed by atoms with Crippen molar-refractivity contribution in [2.75, 3.05) is 0 Å². The number of benzene rings is 1. The Balaban J connectivity index is 1.94. The van der Waals surface area contributed by atoms with Crippen LogP contribution in [0.25, 0.3) is 5.69 Å². The van der Waals surface area contributed by atoms with E-state index in [1.165, 1.54) is 18.6 Å². The van der Waals surface area contributed by atoms with Crippen molar-refractivity contribution in [1.29, 1.82) is 0 Å². The van der Waals surface area contributed by atoms with Gasteiger partial charge in [-0.2, -0.15) is 17.6 Å². The molecule has 0 saturated heterocycles. The van der Waals surface area contributed by atoms with Gasteiger partial charge in [0.1, 0.15) is 35.4 Å². The molecule has 1 unspecified atom stereocenters. The lowest BCUT2D eigenvalue weighted by Gasteiger charge is -2.21. The van der Waals surface area contributed by atoms with Crippen LogP contribution in [0.5, 0.6) is 5.75 Å². The second-order valence-electron chi connectivity index (χ2n) is 6.51. The van der Waals surface area contributed by atoms with Crippen molar-refractivity contribution in [2.45, 2.75) is 38.3 Å². The summed E-state index contributed by atoms with van der Waals surface area (Å²) in [5.41, 5.74) is 0.820. The topological polar surface area (TPSA) is 56.5 Å². The maximum absolute atomic E-state index is 12.8. The van der Waals surface area contributed by atoms with Gasteiger partial charge in [-0.25, -0.2) is 9.19 Å². The average molecular weight is 371 g/mol. The van der Waals surface area contributed by atoms with Gasteiger partial charge in [-0.1, -0.05) is 0 Å². The SMILES string of the molecule is CC(C)(C)S(=O)N=Cc1ncn2c1COc1cc(C(F)(F)F)ccc1-2. The molecule has 0 fully saturated rings. The Labute approximate surface area is 145 Å². The highest BCUT2D eigenvalue weighted by Gasteiger charge is 2.32. The first kappa shape index (κ1) is 17.7. The van der Waals surface area contributed by atoms with E-state index in [0.29, 0.717) is 17.1 Å². The first-order valence-electron chi connectivity index (χ1n) is 7.44. The zero-order valence-corrected chi connectivity index (χ0v) is 14.6. The summed E-state index contributed by atoms with van der Waals surface area (Å²) < 4.78 is 61.1. The van der Waals surface area contributed by atoms with Crippen molar-refractivity contribution in [3.8, 4) is 11.4 Å². The Morgan fingerprint density at radius 2 is 2.04 bits per heavy atom. The van der Waals surface area contributed by atoms with Crippen molar-refractivity contribution in [1.82, 2.24) is 9.55 Å². The largest absolute Gasteiger partial charge is 0.485 e. The molecule has 9 heteroatoms. The van der Waals surface area contributed by atoms with E-state index in [-0.39, 0.29) is 12.4 Å².